The van der Waals surface area contributed by atoms with Gasteiger partial charge in [-0.25, -0.2) is 8.78 Å². The van der Waals surface area contributed by atoms with Crippen molar-refractivity contribution >= 4 is 43.1 Å². The third kappa shape index (κ3) is 4.29. The Kier molecular flexibility index (Phi) is 6.76. The Hall–Kier alpha value is -3.74. The van der Waals surface area contributed by atoms with Crippen LogP contribution < -0.4 is 20.7 Å². The van der Waals surface area contributed by atoms with Crippen molar-refractivity contribution in [1.29, 1.82) is 5.26 Å². The van der Waals surface area contributed by atoms with Crippen LogP contribution in [0.25, 0.3) is 32.2 Å². The summed E-state index contributed by atoms with van der Waals surface area (Å²) in [5, 5.41) is 14.3. The fraction of sp³-hybridized carbons (Fsp3) is 0.467. The summed E-state index contributed by atoms with van der Waals surface area (Å²) in [6.07, 6.45) is 2.86. The van der Waals surface area contributed by atoms with Gasteiger partial charge in [0.05, 0.1) is 47.4 Å². The van der Waals surface area contributed by atoms with Gasteiger partial charge in [-0.3, -0.25) is 4.98 Å². The number of anilines is 2. The number of nitrogens with two attached hydrogens (primary N) is 1. The second-order valence-electron chi connectivity index (χ2n) is 11.8. The summed E-state index contributed by atoms with van der Waals surface area (Å²) >= 11 is 0.946. The Morgan fingerprint density at radius 3 is 2.75 bits per heavy atom. The molecule has 3 saturated heterocycles. The van der Waals surface area contributed by atoms with Gasteiger partial charge in [-0.1, -0.05) is 0 Å². The maximum Gasteiger partial charge on any atom is 0.319 e. The molecule has 4 aromatic rings. The molecular formula is C30H30F2N8O3S. The van der Waals surface area contributed by atoms with Gasteiger partial charge in [-0.05, 0) is 31.0 Å². The first kappa shape index (κ1) is 27.8. The Labute approximate surface area is 255 Å². The van der Waals surface area contributed by atoms with Crippen LogP contribution in [0, 0.1) is 23.0 Å². The molecular weight excluding hydrogens is 590 g/mol. The number of ether oxygens (including phenoxy) is 3. The zero-order valence-corrected chi connectivity index (χ0v) is 24.8. The number of halogens is 2. The van der Waals surface area contributed by atoms with E-state index < -0.39 is 11.6 Å². The number of piperazine rings is 1. The molecule has 14 heteroatoms. The number of likely N-dealkylation sites (N-methyl/N-ethyl adjacent to an activating group) is 1. The molecule has 0 aliphatic carbocycles. The number of pyridine rings is 1. The third-order valence-corrected chi connectivity index (χ3v) is 10.2. The van der Waals surface area contributed by atoms with Crippen molar-refractivity contribution < 1.29 is 23.0 Å². The number of hydrogen-bond acceptors (Lipinski definition) is 12. The predicted molar refractivity (Wildman–Crippen MR) is 161 cm³/mol. The maximum atomic E-state index is 17.2. The molecule has 3 atom stereocenters. The molecule has 11 nitrogen and oxygen atoms in total. The highest BCUT2D eigenvalue weighted by molar-refractivity contribution is 7.23. The minimum absolute atomic E-state index is 0.0562. The highest BCUT2D eigenvalue weighted by atomic mass is 32.1. The van der Waals surface area contributed by atoms with Crippen LogP contribution in [0.3, 0.4) is 0 Å². The molecule has 44 heavy (non-hydrogen) atoms. The second kappa shape index (κ2) is 10.7. The van der Waals surface area contributed by atoms with Crippen LogP contribution in [-0.4, -0.2) is 84.5 Å². The van der Waals surface area contributed by atoms with Gasteiger partial charge in [0.25, 0.3) is 0 Å². The minimum atomic E-state index is -0.650. The highest BCUT2D eigenvalue weighted by Crippen LogP contribution is 2.47. The third-order valence-electron chi connectivity index (χ3n) is 9.17. The van der Waals surface area contributed by atoms with E-state index >= 15 is 4.39 Å². The number of nitrogen functional groups attached to an aromatic ring is 1. The van der Waals surface area contributed by atoms with E-state index in [1.807, 2.05) is 7.05 Å². The van der Waals surface area contributed by atoms with Crippen molar-refractivity contribution in [2.24, 2.45) is 0 Å². The molecule has 0 radical (unpaired) electrons. The average Bonchev–Trinajstić information content (AvgIpc) is 3.70. The van der Waals surface area contributed by atoms with Crippen LogP contribution in [-0.2, 0) is 22.7 Å². The second-order valence-corrected chi connectivity index (χ2v) is 12.9. The van der Waals surface area contributed by atoms with Crippen LogP contribution in [0.2, 0.25) is 0 Å². The van der Waals surface area contributed by atoms with Crippen LogP contribution in [0.1, 0.15) is 29.5 Å². The molecule has 4 aliphatic rings. The van der Waals surface area contributed by atoms with Crippen LogP contribution >= 0.6 is 11.3 Å². The first-order chi connectivity index (χ1) is 21.4. The quantitative estimate of drug-likeness (QED) is 0.340. The maximum absolute atomic E-state index is 17.2. The smallest absolute Gasteiger partial charge is 0.319 e. The van der Waals surface area contributed by atoms with Crippen molar-refractivity contribution in [2.45, 2.75) is 44.2 Å². The fourth-order valence-electron chi connectivity index (χ4n) is 7.14. The van der Waals surface area contributed by atoms with Gasteiger partial charge in [0.15, 0.2) is 11.6 Å². The van der Waals surface area contributed by atoms with Crippen LogP contribution in [0.15, 0.2) is 6.20 Å². The van der Waals surface area contributed by atoms with Crippen molar-refractivity contribution in [3.8, 4) is 23.3 Å². The summed E-state index contributed by atoms with van der Waals surface area (Å²) in [5.41, 5.74) is 7.85. The Bertz CT molecular complexity index is 1850. The van der Waals surface area contributed by atoms with Crippen molar-refractivity contribution in [1.82, 2.24) is 25.2 Å². The number of rotatable bonds is 5. The summed E-state index contributed by atoms with van der Waals surface area (Å²) < 4.78 is 50.1. The van der Waals surface area contributed by atoms with E-state index in [4.69, 9.17) is 24.9 Å². The van der Waals surface area contributed by atoms with E-state index in [9.17, 15) is 9.65 Å². The molecule has 3 aromatic heterocycles. The number of aromatic nitrogens is 3. The molecule has 0 saturated carbocycles. The van der Waals surface area contributed by atoms with Crippen LogP contribution in [0.5, 0.6) is 6.01 Å². The largest absolute Gasteiger partial charge is 0.461 e. The van der Waals surface area contributed by atoms with Gasteiger partial charge in [-0.2, -0.15) is 15.2 Å². The van der Waals surface area contributed by atoms with E-state index in [2.05, 4.69) is 31.2 Å². The molecule has 3 N–H and O–H groups in total. The summed E-state index contributed by atoms with van der Waals surface area (Å²) in [6, 6.07) is 2.51. The first-order valence-corrected chi connectivity index (χ1v) is 15.6. The standard InChI is InChI=1S/C30H30F2N8O3S/c1-39-4-5-42-16(10-39)11-43-30-37-26-23(29(38-30)40-14-2-3-15(40)8-35-7-14)19-13-41-12-18(19)21(24(26)32)25-22-17(6-33)28(34)44-27(22)20(31)9-36-25/h9,14-16,35H,2-5,7-8,10-13,34H2,1H3/t14?,15?,16-/m1/s1. The van der Waals surface area contributed by atoms with E-state index in [1.165, 1.54) is 0 Å². The molecule has 228 valence electrons. The molecule has 8 rings (SSSR count). The summed E-state index contributed by atoms with van der Waals surface area (Å²) in [4.78, 5) is 18.4. The van der Waals surface area contributed by atoms with E-state index in [0.717, 1.165) is 55.6 Å². The van der Waals surface area contributed by atoms with Gasteiger partial charge in [0.1, 0.15) is 35.1 Å². The lowest BCUT2D eigenvalue weighted by Crippen LogP contribution is -2.52. The Morgan fingerprint density at radius 2 is 1.98 bits per heavy atom. The normalized spacial score (nSPS) is 23.4. The SMILES string of the molecule is CN1CCO[C@@H](COc2nc(N3C4CCC3CNC4)c3c4c(c(-c5ncc(F)c6sc(N)c(C#N)c56)c(F)c3n2)COC4)C1. The lowest BCUT2D eigenvalue weighted by molar-refractivity contribution is -0.0416. The number of nitriles is 1. The molecule has 7 heterocycles. The molecule has 2 bridgehead atoms. The lowest BCUT2D eigenvalue weighted by Gasteiger charge is -2.37. The zero-order chi connectivity index (χ0) is 30.1. The molecule has 0 spiro atoms. The lowest BCUT2D eigenvalue weighted by atomic mass is 9.93. The Morgan fingerprint density at radius 1 is 1.18 bits per heavy atom. The number of benzene rings is 1. The topological polar surface area (TPSA) is 135 Å². The highest BCUT2D eigenvalue weighted by Gasteiger charge is 2.40. The molecule has 0 amide bonds. The summed E-state index contributed by atoms with van der Waals surface area (Å²) in [6.45, 7) is 4.29. The van der Waals surface area contributed by atoms with E-state index in [1.54, 1.807) is 0 Å². The van der Waals surface area contributed by atoms with Gasteiger partial charge in [-0.15, -0.1) is 11.3 Å². The van der Waals surface area contributed by atoms with E-state index in [-0.39, 0.29) is 81.4 Å². The van der Waals surface area contributed by atoms with Crippen molar-refractivity contribution in [3.05, 3.63) is 34.5 Å². The van der Waals surface area contributed by atoms with Gasteiger partial charge >= 0.3 is 6.01 Å². The van der Waals surface area contributed by atoms with Crippen molar-refractivity contribution in [3.63, 3.8) is 0 Å². The van der Waals surface area contributed by atoms with Crippen molar-refractivity contribution in [2.75, 3.05) is 57.1 Å². The monoisotopic (exact) mass is 620 g/mol. The van der Waals surface area contributed by atoms with Gasteiger partial charge in [0, 0.05) is 49.2 Å². The number of nitrogens with zero attached hydrogens (tertiary/aromatic N) is 6. The first-order valence-electron chi connectivity index (χ1n) is 14.7. The predicted octanol–water partition coefficient (Wildman–Crippen LogP) is 3.32. The van der Waals surface area contributed by atoms with Gasteiger partial charge < -0.3 is 35.1 Å². The number of morpholine rings is 1. The number of thiophene rings is 1. The summed E-state index contributed by atoms with van der Waals surface area (Å²) in [7, 11) is 2.03. The molecule has 2 unspecified atom stereocenters. The molecule has 3 fully saturated rings. The average molecular weight is 621 g/mol. The molecule has 1 aromatic carbocycles. The van der Waals surface area contributed by atoms with Crippen LogP contribution in [0.4, 0.5) is 19.6 Å². The van der Waals surface area contributed by atoms with E-state index in [0.29, 0.717) is 29.9 Å². The molecule has 4 aliphatic heterocycles. The zero-order valence-electron chi connectivity index (χ0n) is 24.0. The van der Waals surface area contributed by atoms with Gasteiger partial charge in [0.2, 0.25) is 0 Å². The number of hydrogen-bond donors (Lipinski definition) is 2. The fourth-order valence-corrected chi connectivity index (χ4v) is 8.06. The number of nitrogens with one attached hydrogen (secondary N) is 1. The Balaban J connectivity index is 1.36. The summed E-state index contributed by atoms with van der Waals surface area (Å²) in [5.74, 6) is -0.647. The minimum Gasteiger partial charge on any atom is -0.461 e. The number of fused-ring (bicyclic) bond motifs is 6.